The maximum atomic E-state index is 12.6. The van der Waals surface area contributed by atoms with Crippen molar-refractivity contribution in [3.05, 3.63) is 0 Å². The lowest BCUT2D eigenvalue weighted by atomic mass is 9.74. The molecule has 0 aromatic carbocycles. The third-order valence-electron chi connectivity index (χ3n) is 3.97. The van der Waals surface area contributed by atoms with Gasteiger partial charge in [-0.15, -0.1) is 0 Å². The molecule has 1 amide bonds. The molecule has 130 valence electrons. The standard InChI is InChI=1S/C16H33NO4Si/c1-14(2,3)12-9-10-17(13(19)20-15(4,5)6)16(12,11-18)21-22(7)8/h12,18,22H,9-11H2,1-8H3. The molecule has 6 heteroatoms. The van der Waals surface area contributed by atoms with Crippen molar-refractivity contribution in [2.24, 2.45) is 11.3 Å². The van der Waals surface area contributed by atoms with Gasteiger partial charge in [0.25, 0.3) is 0 Å². The summed E-state index contributed by atoms with van der Waals surface area (Å²) in [6.45, 7) is 16.4. The highest BCUT2D eigenvalue weighted by molar-refractivity contribution is 6.48. The maximum Gasteiger partial charge on any atom is 0.412 e. The Labute approximate surface area is 136 Å². The zero-order valence-electron chi connectivity index (χ0n) is 15.4. The van der Waals surface area contributed by atoms with Gasteiger partial charge < -0.3 is 14.3 Å². The second kappa shape index (κ2) is 6.49. The molecule has 2 atom stereocenters. The first kappa shape index (κ1) is 19.5. The predicted molar refractivity (Wildman–Crippen MR) is 90.3 cm³/mol. The van der Waals surface area contributed by atoms with E-state index in [0.717, 1.165) is 6.42 Å². The van der Waals surface area contributed by atoms with Crippen LogP contribution in [0.3, 0.4) is 0 Å². The van der Waals surface area contributed by atoms with E-state index in [1.165, 1.54) is 0 Å². The molecule has 0 radical (unpaired) electrons. The van der Waals surface area contributed by atoms with Crippen molar-refractivity contribution in [1.29, 1.82) is 0 Å². The number of rotatable bonds is 3. The summed E-state index contributed by atoms with van der Waals surface area (Å²) < 4.78 is 11.8. The summed E-state index contributed by atoms with van der Waals surface area (Å²) in [5.41, 5.74) is -1.59. The molecule has 0 aromatic rings. The fourth-order valence-electron chi connectivity index (χ4n) is 3.32. The molecule has 1 aliphatic rings. The lowest BCUT2D eigenvalue weighted by molar-refractivity contribution is -0.139. The van der Waals surface area contributed by atoms with E-state index in [2.05, 4.69) is 33.9 Å². The van der Waals surface area contributed by atoms with Gasteiger partial charge in [0, 0.05) is 12.5 Å². The zero-order valence-corrected chi connectivity index (χ0v) is 16.5. The summed E-state index contributed by atoms with van der Waals surface area (Å²) in [5, 5.41) is 10.2. The van der Waals surface area contributed by atoms with Crippen LogP contribution in [0.1, 0.15) is 48.0 Å². The lowest BCUT2D eigenvalue weighted by Gasteiger charge is -2.46. The molecule has 1 N–H and O–H groups in total. The Morgan fingerprint density at radius 3 is 2.18 bits per heavy atom. The molecule has 0 spiro atoms. The van der Waals surface area contributed by atoms with E-state index in [9.17, 15) is 9.90 Å². The van der Waals surface area contributed by atoms with E-state index in [-0.39, 0.29) is 17.9 Å². The van der Waals surface area contributed by atoms with Crippen LogP contribution in [-0.4, -0.2) is 49.6 Å². The number of aliphatic hydroxyl groups is 1. The highest BCUT2D eigenvalue weighted by Crippen LogP contribution is 2.46. The molecule has 0 aliphatic carbocycles. The summed E-state index contributed by atoms with van der Waals surface area (Å²) in [5.74, 6) is 0.0763. The van der Waals surface area contributed by atoms with Crippen molar-refractivity contribution in [3.8, 4) is 0 Å². The normalized spacial score (nSPS) is 26.6. The number of likely N-dealkylation sites (tertiary alicyclic amines) is 1. The molecule has 0 bridgehead atoms. The lowest BCUT2D eigenvalue weighted by Crippen LogP contribution is -2.60. The van der Waals surface area contributed by atoms with Gasteiger partial charge in [-0.3, -0.25) is 4.90 Å². The summed E-state index contributed by atoms with van der Waals surface area (Å²) >= 11 is 0. The molecular weight excluding hydrogens is 298 g/mol. The van der Waals surface area contributed by atoms with E-state index in [1.54, 1.807) is 4.90 Å². The minimum absolute atomic E-state index is 0.0667. The van der Waals surface area contributed by atoms with E-state index in [1.807, 2.05) is 20.8 Å². The number of ether oxygens (including phenoxy) is 1. The zero-order chi connectivity index (χ0) is 17.3. The van der Waals surface area contributed by atoms with Crippen LogP contribution < -0.4 is 0 Å². The Hall–Kier alpha value is -0.593. The maximum absolute atomic E-state index is 12.6. The van der Waals surface area contributed by atoms with Crippen LogP contribution in [0, 0.1) is 11.3 Å². The van der Waals surface area contributed by atoms with E-state index in [0.29, 0.717) is 6.54 Å². The number of carbonyl (C=O) groups excluding carboxylic acids is 1. The topological polar surface area (TPSA) is 59.0 Å². The highest BCUT2D eigenvalue weighted by Gasteiger charge is 2.56. The Morgan fingerprint density at radius 2 is 1.82 bits per heavy atom. The van der Waals surface area contributed by atoms with Crippen molar-refractivity contribution in [1.82, 2.24) is 4.90 Å². The van der Waals surface area contributed by atoms with Gasteiger partial charge in [0.15, 0.2) is 14.8 Å². The van der Waals surface area contributed by atoms with Gasteiger partial charge in [-0.2, -0.15) is 0 Å². The Balaban J connectivity index is 3.18. The highest BCUT2D eigenvalue weighted by atomic mass is 28.3. The molecule has 1 saturated heterocycles. The molecule has 0 aromatic heterocycles. The molecule has 22 heavy (non-hydrogen) atoms. The van der Waals surface area contributed by atoms with Crippen LogP contribution in [0.5, 0.6) is 0 Å². The van der Waals surface area contributed by atoms with Crippen LogP contribution in [0.25, 0.3) is 0 Å². The minimum atomic E-state index is -1.46. The third kappa shape index (κ3) is 4.23. The molecular formula is C16H33NO4Si. The van der Waals surface area contributed by atoms with Crippen LogP contribution in [0.4, 0.5) is 4.79 Å². The number of hydrogen-bond donors (Lipinski definition) is 1. The summed E-state index contributed by atoms with van der Waals surface area (Å²) in [6, 6.07) is 0. The van der Waals surface area contributed by atoms with Crippen LogP contribution in [0.2, 0.25) is 13.1 Å². The molecule has 1 aliphatic heterocycles. The van der Waals surface area contributed by atoms with Gasteiger partial charge in [0.2, 0.25) is 0 Å². The van der Waals surface area contributed by atoms with Gasteiger partial charge in [0.1, 0.15) is 5.60 Å². The Morgan fingerprint density at radius 1 is 1.27 bits per heavy atom. The number of amides is 1. The smallest absolute Gasteiger partial charge is 0.412 e. The number of nitrogens with zero attached hydrogens (tertiary/aromatic N) is 1. The van der Waals surface area contributed by atoms with Gasteiger partial charge in [0.05, 0.1) is 6.61 Å². The molecule has 1 rings (SSSR count). The monoisotopic (exact) mass is 331 g/mol. The number of hydrogen-bond acceptors (Lipinski definition) is 4. The SMILES string of the molecule is C[SiH](C)OC1(CO)C(C(C)(C)C)CCN1C(=O)OC(C)(C)C. The molecule has 1 fully saturated rings. The van der Waals surface area contributed by atoms with Crippen molar-refractivity contribution in [2.45, 2.75) is 72.4 Å². The largest absolute Gasteiger partial charge is 0.444 e. The summed E-state index contributed by atoms with van der Waals surface area (Å²) in [6.07, 6.45) is 0.410. The van der Waals surface area contributed by atoms with Gasteiger partial charge in [-0.25, -0.2) is 4.79 Å². The minimum Gasteiger partial charge on any atom is -0.444 e. The van der Waals surface area contributed by atoms with Gasteiger partial charge in [-0.05, 0) is 45.7 Å². The van der Waals surface area contributed by atoms with Crippen molar-refractivity contribution >= 4 is 15.1 Å². The molecule has 1 heterocycles. The van der Waals surface area contributed by atoms with E-state index < -0.39 is 26.5 Å². The van der Waals surface area contributed by atoms with E-state index >= 15 is 0 Å². The van der Waals surface area contributed by atoms with Crippen molar-refractivity contribution in [2.75, 3.05) is 13.2 Å². The molecule has 2 unspecified atom stereocenters. The Kier molecular flexibility index (Phi) is 5.74. The molecule has 5 nitrogen and oxygen atoms in total. The average Bonchev–Trinajstić information content (AvgIpc) is 2.65. The van der Waals surface area contributed by atoms with Crippen molar-refractivity contribution < 1.29 is 19.1 Å². The van der Waals surface area contributed by atoms with Crippen LogP contribution in [0.15, 0.2) is 0 Å². The molecule has 0 saturated carbocycles. The summed E-state index contributed by atoms with van der Waals surface area (Å²) in [4.78, 5) is 14.2. The Bertz CT molecular complexity index is 400. The predicted octanol–water partition coefficient (Wildman–Crippen LogP) is 2.98. The third-order valence-corrected chi connectivity index (χ3v) is 4.85. The first-order valence-corrected chi connectivity index (χ1v) is 10.9. The fraction of sp³-hybridized carbons (Fsp3) is 0.938. The fourth-order valence-corrected chi connectivity index (χ4v) is 4.50. The second-order valence-corrected chi connectivity index (χ2v) is 10.8. The van der Waals surface area contributed by atoms with Gasteiger partial charge in [-0.1, -0.05) is 20.8 Å². The van der Waals surface area contributed by atoms with Crippen LogP contribution in [-0.2, 0) is 9.16 Å². The number of carbonyl (C=O) groups is 1. The second-order valence-electron chi connectivity index (χ2n) is 8.51. The number of aliphatic hydroxyl groups excluding tert-OH is 1. The first-order valence-electron chi connectivity index (χ1n) is 8.13. The first-order chi connectivity index (χ1) is 9.83. The van der Waals surface area contributed by atoms with Gasteiger partial charge >= 0.3 is 6.09 Å². The summed E-state index contributed by atoms with van der Waals surface area (Å²) in [7, 11) is -1.46. The quantitative estimate of drug-likeness (QED) is 0.808. The van der Waals surface area contributed by atoms with Crippen LogP contribution >= 0.6 is 0 Å². The average molecular weight is 332 g/mol. The van der Waals surface area contributed by atoms with Crippen molar-refractivity contribution in [3.63, 3.8) is 0 Å². The van der Waals surface area contributed by atoms with E-state index in [4.69, 9.17) is 9.16 Å².